The van der Waals surface area contributed by atoms with Crippen molar-refractivity contribution in [2.45, 2.75) is 134 Å². The number of carbonyl (C=O) groups excluding carboxylic acids is 2. The van der Waals surface area contributed by atoms with Crippen LogP contribution in [0.25, 0.3) is 0 Å². The molecule has 0 saturated carbocycles. The standard InChI is InChI=1S/C37H52O13/c1-4-5-6-7-8-9-10-11-12-13-14-15-16-17-23-19-25(49-37-32(42)30(40)31(41)33(50-37)36(46)47-3)21-27(39)29(23)35(45)48-24-18-22(2)28(34(43)44)26(38)20-24/h18-21,30-33,37-42H,4-17H2,1-3H3,(H,43,44)/t30-,31-,32+,33-,37+/m0/s1. The third kappa shape index (κ3) is 11.3. The van der Waals surface area contributed by atoms with Gasteiger partial charge in [-0.2, -0.15) is 0 Å². The van der Waals surface area contributed by atoms with Crippen molar-refractivity contribution in [2.24, 2.45) is 0 Å². The summed E-state index contributed by atoms with van der Waals surface area (Å²) in [6, 6.07) is 4.78. The van der Waals surface area contributed by atoms with Crippen LogP contribution in [0.2, 0.25) is 0 Å². The van der Waals surface area contributed by atoms with Gasteiger partial charge in [0, 0.05) is 12.1 Å². The Kier molecular flexibility index (Phi) is 16.3. The molecule has 0 bridgehead atoms. The minimum Gasteiger partial charge on any atom is -0.507 e. The Morgan fingerprint density at radius 2 is 1.26 bits per heavy atom. The van der Waals surface area contributed by atoms with Gasteiger partial charge in [-0.15, -0.1) is 0 Å². The lowest BCUT2D eigenvalue weighted by atomic mass is 9.98. The number of carboxylic acid groups (broad SMARTS) is 1. The number of benzene rings is 2. The van der Waals surface area contributed by atoms with Crippen molar-refractivity contribution < 1.29 is 64.0 Å². The third-order valence-corrected chi connectivity index (χ3v) is 8.89. The zero-order chi connectivity index (χ0) is 36.8. The number of hydrogen-bond acceptors (Lipinski definition) is 12. The summed E-state index contributed by atoms with van der Waals surface area (Å²) in [6.07, 6.45) is 6.41. The van der Waals surface area contributed by atoms with Gasteiger partial charge in [0.05, 0.1) is 7.11 Å². The molecular formula is C37H52O13. The molecule has 3 rings (SSSR count). The molecule has 13 nitrogen and oxygen atoms in total. The van der Waals surface area contributed by atoms with E-state index in [0.29, 0.717) is 18.4 Å². The van der Waals surface area contributed by atoms with E-state index in [2.05, 4.69) is 11.7 Å². The molecule has 0 aliphatic carbocycles. The van der Waals surface area contributed by atoms with Crippen LogP contribution in [0.5, 0.6) is 23.0 Å². The Hall–Kier alpha value is -3.91. The van der Waals surface area contributed by atoms with E-state index < -0.39 is 60.1 Å². The van der Waals surface area contributed by atoms with Gasteiger partial charge in [0.15, 0.2) is 6.10 Å². The number of phenolic OH excluding ortho intramolecular Hbond substituents is 1. The summed E-state index contributed by atoms with van der Waals surface area (Å²) in [6.45, 7) is 3.65. The number of aliphatic hydroxyl groups is 3. The van der Waals surface area contributed by atoms with Crippen LogP contribution in [0.15, 0.2) is 24.3 Å². The zero-order valence-corrected chi connectivity index (χ0v) is 29.1. The van der Waals surface area contributed by atoms with Crippen molar-refractivity contribution >= 4 is 17.9 Å². The predicted molar refractivity (Wildman–Crippen MR) is 182 cm³/mol. The molecule has 0 aromatic heterocycles. The minimum absolute atomic E-state index is 0.0701. The molecule has 0 spiro atoms. The molecule has 0 radical (unpaired) electrons. The van der Waals surface area contributed by atoms with Crippen molar-refractivity contribution in [1.82, 2.24) is 0 Å². The summed E-state index contributed by atoms with van der Waals surface area (Å²) in [5, 5.41) is 61.6. The molecule has 1 heterocycles. The first kappa shape index (κ1) is 40.5. The van der Waals surface area contributed by atoms with E-state index in [1.54, 1.807) is 0 Å². The molecule has 1 fully saturated rings. The lowest BCUT2D eigenvalue weighted by Gasteiger charge is -2.38. The Balaban J connectivity index is 1.73. The molecule has 2 aromatic carbocycles. The van der Waals surface area contributed by atoms with Crippen LogP contribution in [-0.4, -0.2) is 86.4 Å². The molecule has 1 aliphatic heterocycles. The van der Waals surface area contributed by atoms with E-state index in [-0.39, 0.29) is 28.2 Å². The second kappa shape index (κ2) is 20.1. The summed E-state index contributed by atoms with van der Waals surface area (Å²) in [4.78, 5) is 37.0. The lowest BCUT2D eigenvalue weighted by molar-refractivity contribution is -0.271. The summed E-state index contributed by atoms with van der Waals surface area (Å²) in [7, 11) is 1.06. The maximum absolute atomic E-state index is 13.4. The molecule has 0 unspecified atom stereocenters. The van der Waals surface area contributed by atoms with Gasteiger partial charge in [-0.1, -0.05) is 84.0 Å². The fraction of sp³-hybridized carbons (Fsp3) is 0.595. The summed E-state index contributed by atoms with van der Waals surface area (Å²) in [5.74, 6) is -4.67. The fourth-order valence-corrected chi connectivity index (χ4v) is 6.11. The SMILES string of the molecule is CCCCCCCCCCCCCCCc1cc(O[C@@H]2O[C@H](C(=O)OC)[C@@H](O)[C@H](O)[C@H]2O)cc(O)c1C(=O)Oc1cc(C)c(C(=O)O)c(O)c1. The highest BCUT2D eigenvalue weighted by atomic mass is 16.7. The van der Waals surface area contributed by atoms with Crippen LogP contribution in [0, 0.1) is 6.92 Å². The number of methoxy groups -OCH3 is 1. The predicted octanol–water partition coefficient (Wildman–Crippen LogP) is 5.32. The number of aryl methyl sites for hydroxylation is 2. The van der Waals surface area contributed by atoms with Crippen LogP contribution in [0.1, 0.15) is 122 Å². The Labute approximate surface area is 292 Å². The highest BCUT2D eigenvalue weighted by molar-refractivity contribution is 5.96. The van der Waals surface area contributed by atoms with Gasteiger partial charge in [0.25, 0.3) is 0 Å². The highest BCUT2D eigenvalue weighted by Crippen LogP contribution is 2.34. The van der Waals surface area contributed by atoms with Crippen LogP contribution in [-0.2, 0) is 20.7 Å². The Morgan fingerprint density at radius 3 is 1.80 bits per heavy atom. The van der Waals surface area contributed by atoms with E-state index in [4.69, 9.17) is 14.2 Å². The number of aromatic carboxylic acids is 1. The van der Waals surface area contributed by atoms with Crippen molar-refractivity contribution in [3.05, 3.63) is 46.5 Å². The molecule has 5 atom stereocenters. The number of rotatable bonds is 20. The van der Waals surface area contributed by atoms with Gasteiger partial charge in [0.2, 0.25) is 6.29 Å². The summed E-state index contributed by atoms with van der Waals surface area (Å²) in [5.41, 5.74) is -0.0455. The Bertz CT molecular complexity index is 1400. The van der Waals surface area contributed by atoms with Gasteiger partial charge < -0.3 is 49.6 Å². The number of aromatic hydroxyl groups is 2. The smallest absolute Gasteiger partial charge is 0.347 e. The van der Waals surface area contributed by atoms with Gasteiger partial charge in [-0.05, 0) is 43.0 Å². The lowest BCUT2D eigenvalue weighted by Crippen LogP contribution is -2.61. The van der Waals surface area contributed by atoms with E-state index in [1.165, 1.54) is 70.4 Å². The third-order valence-electron chi connectivity index (χ3n) is 8.89. The Morgan fingerprint density at radius 1 is 0.720 bits per heavy atom. The number of carbonyl (C=O) groups is 3. The molecule has 13 heteroatoms. The number of hydrogen-bond donors (Lipinski definition) is 6. The van der Waals surface area contributed by atoms with Gasteiger partial charge in [0.1, 0.15) is 52.4 Å². The zero-order valence-electron chi connectivity index (χ0n) is 29.1. The summed E-state index contributed by atoms with van der Waals surface area (Å²) < 4.78 is 21.2. The number of carboxylic acids is 1. The highest BCUT2D eigenvalue weighted by Gasteiger charge is 2.48. The molecule has 1 saturated heterocycles. The normalized spacial score (nSPS) is 20.3. The number of aliphatic hydroxyl groups excluding tert-OH is 3. The average Bonchev–Trinajstić information content (AvgIpc) is 3.06. The maximum atomic E-state index is 13.4. The largest absolute Gasteiger partial charge is 0.507 e. The molecule has 2 aromatic rings. The number of phenols is 2. The van der Waals surface area contributed by atoms with E-state index in [9.17, 15) is 45.0 Å². The molecular weight excluding hydrogens is 652 g/mol. The average molecular weight is 705 g/mol. The monoisotopic (exact) mass is 704 g/mol. The maximum Gasteiger partial charge on any atom is 0.347 e. The van der Waals surface area contributed by atoms with Gasteiger partial charge >= 0.3 is 17.9 Å². The first-order valence-electron chi connectivity index (χ1n) is 17.5. The first-order chi connectivity index (χ1) is 23.9. The van der Waals surface area contributed by atoms with E-state index in [1.807, 2.05) is 0 Å². The first-order valence-corrected chi connectivity index (χ1v) is 17.5. The second-order valence-corrected chi connectivity index (χ2v) is 12.8. The van der Waals surface area contributed by atoms with Crippen LogP contribution in [0.3, 0.4) is 0 Å². The number of esters is 2. The van der Waals surface area contributed by atoms with Crippen molar-refractivity contribution in [3.63, 3.8) is 0 Å². The summed E-state index contributed by atoms with van der Waals surface area (Å²) >= 11 is 0. The van der Waals surface area contributed by atoms with Crippen LogP contribution >= 0.6 is 0 Å². The topological polar surface area (TPSA) is 210 Å². The fourth-order valence-electron chi connectivity index (χ4n) is 6.11. The van der Waals surface area contributed by atoms with Crippen molar-refractivity contribution in [2.75, 3.05) is 7.11 Å². The number of ether oxygens (including phenoxy) is 4. The minimum atomic E-state index is -1.82. The van der Waals surface area contributed by atoms with Crippen molar-refractivity contribution in [3.8, 4) is 23.0 Å². The van der Waals surface area contributed by atoms with E-state index in [0.717, 1.165) is 44.9 Å². The number of unbranched alkanes of at least 4 members (excludes halogenated alkanes) is 12. The molecule has 6 N–H and O–H groups in total. The van der Waals surface area contributed by atoms with Crippen LogP contribution < -0.4 is 9.47 Å². The van der Waals surface area contributed by atoms with Crippen LogP contribution in [0.4, 0.5) is 0 Å². The second-order valence-electron chi connectivity index (χ2n) is 12.8. The molecule has 278 valence electrons. The van der Waals surface area contributed by atoms with Gasteiger partial charge in [-0.25, -0.2) is 14.4 Å². The van der Waals surface area contributed by atoms with Crippen molar-refractivity contribution in [1.29, 1.82) is 0 Å². The van der Waals surface area contributed by atoms with Gasteiger partial charge in [-0.3, -0.25) is 0 Å². The molecule has 0 amide bonds. The molecule has 1 aliphatic rings. The van der Waals surface area contributed by atoms with E-state index >= 15 is 0 Å². The molecule has 50 heavy (non-hydrogen) atoms. The quantitative estimate of drug-likeness (QED) is 0.0587.